The van der Waals surface area contributed by atoms with Crippen LogP contribution in [-0.4, -0.2) is 39.4 Å². The molecular formula is C23H21F2N5O4. The van der Waals surface area contributed by atoms with Crippen LogP contribution < -0.4 is 16.4 Å². The van der Waals surface area contributed by atoms with E-state index in [1.807, 2.05) is 0 Å². The summed E-state index contributed by atoms with van der Waals surface area (Å²) in [6, 6.07) is 11.9. The lowest BCUT2D eigenvalue weighted by atomic mass is 10.2. The Hall–Kier alpha value is -4.54. The molecule has 11 heteroatoms. The van der Waals surface area contributed by atoms with Crippen LogP contribution in [-0.2, 0) is 11.3 Å². The fourth-order valence-electron chi connectivity index (χ4n) is 2.93. The van der Waals surface area contributed by atoms with Gasteiger partial charge in [-0.1, -0.05) is 18.2 Å². The highest BCUT2D eigenvalue weighted by Gasteiger charge is 2.17. The van der Waals surface area contributed by atoms with Crippen molar-refractivity contribution in [3.8, 4) is 0 Å². The molecule has 2 aromatic carbocycles. The summed E-state index contributed by atoms with van der Waals surface area (Å²) in [5, 5.41) is 14.0. The summed E-state index contributed by atoms with van der Waals surface area (Å²) < 4.78 is 26.5. The number of hydrogen-bond donors (Lipinski definition) is 4. The number of aliphatic carboxylic acids is 1. The highest BCUT2D eigenvalue weighted by atomic mass is 19.2. The summed E-state index contributed by atoms with van der Waals surface area (Å²) in [4.78, 5) is 41.3. The Balaban J connectivity index is 1.69. The van der Waals surface area contributed by atoms with Crippen LogP contribution >= 0.6 is 0 Å². The predicted octanol–water partition coefficient (Wildman–Crippen LogP) is 3.70. The van der Waals surface area contributed by atoms with Crippen LogP contribution in [0.1, 0.15) is 22.5 Å². The van der Waals surface area contributed by atoms with Gasteiger partial charge in [0.2, 0.25) is 0 Å². The quantitative estimate of drug-likeness (QED) is 0.371. The first-order chi connectivity index (χ1) is 16.2. The average molecular weight is 469 g/mol. The molecule has 0 bridgehead atoms. The number of amides is 3. The third-order valence-corrected chi connectivity index (χ3v) is 4.69. The SMILES string of the molecule is Nc1ccccc1NC(=O)c1ccc(CN(CCC(=O)O)C(=O)Nc2ccc(F)c(F)c2)cn1. The lowest BCUT2D eigenvalue weighted by Crippen LogP contribution is -2.36. The summed E-state index contributed by atoms with van der Waals surface area (Å²) in [7, 11) is 0. The molecule has 0 aliphatic heterocycles. The highest BCUT2D eigenvalue weighted by molar-refractivity contribution is 6.04. The molecule has 1 aromatic heterocycles. The monoisotopic (exact) mass is 469 g/mol. The van der Waals surface area contributed by atoms with Crippen LogP contribution in [0.25, 0.3) is 0 Å². The van der Waals surface area contributed by atoms with Gasteiger partial charge in [-0.2, -0.15) is 0 Å². The van der Waals surface area contributed by atoms with Crippen molar-refractivity contribution in [1.29, 1.82) is 0 Å². The molecule has 0 aliphatic rings. The molecule has 34 heavy (non-hydrogen) atoms. The molecular weight excluding hydrogens is 448 g/mol. The Bertz CT molecular complexity index is 1200. The first-order valence-electron chi connectivity index (χ1n) is 10.1. The van der Waals surface area contributed by atoms with Crippen LogP contribution in [0.15, 0.2) is 60.8 Å². The number of pyridine rings is 1. The predicted molar refractivity (Wildman–Crippen MR) is 121 cm³/mol. The van der Waals surface area contributed by atoms with E-state index in [4.69, 9.17) is 10.8 Å². The van der Waals surface area contributed by atoms with Gasteiger partial charge < -0.3 is 26.4 Å². The van der Waals surface area contributed by atoms with E-state index < -0.39 is 29.5 Å². The van der Waals surface area contributed by atoms with Gasteiger partial charge in [0, 0.05) is 31.0 Å². The van der Waals surface area contributed by atoms with Crippen molar-refractivity contribution in [2.45, 2.75) is 13.0 Å². The van der Waals surface area contributed by atoms with E-state index in [9.17, 15) is 23.2 Å². The Morgan fingerprint density at radius 1 is 1.00 bits per heavy atom. The number of carbonyl (C=O) groups excluding carboxylic acids is 2. The molecule has 0 spiro atoms. The van der Waals surface area contributed by atoms with Crippen LogP contribution in [0.4, 0.5) is 30.6 Å². The number of para-hydroxylation sites is 2. The fraction of sp³-hybridized carbons (Fsp3) is 0.130. The fourth-order valence-corrected chi connectivity index (χ4v) is 2.93. The van der Waals surface area contributed by atoms with Crippen LogP contribution in [0.2, 0.25) is 0 Å². The number of aromatic nitrogens is 1. The number of hydrogen-bond acceptors (Lipinski definition) is 5. The number of carboxylic acid groups (broad SMARTS) is 1. The summed E-state index contributed by atoms with van der Waals surface area (Å²) in [6.07, 6.45) is 1.04. The number of rotatable bonds is 8. The third kappa shape index (κ3) is 6.48. The van der Waals surface area contributed by atoms with Crippen molar-refractivity contribution >= 4 is 35.0 Å². The highest BCUT2D eigenvalue weighted by Crippen LogP contribution is 2.18. The number of anilines is 3. The van der Waals surface area contributed by atoms with Crippen LogP contribution in [0, 0.1) is 11.6 Å². The number of benzene rings is 2. The van der Waals surface area contributed by atoms with Crippen LogP contribution in [0.5, 0.6) is 0 Å². The second-order valence-electron chi connectivity index (χ2n) is 7.22. The molecule has 0 atom stereocenters. The molecule has 5 N–H and O–H groups in total. The molecule has 176 valence electrons. The topological polar surface area (TPSA) is 138 Å². The number of carboxylic acids is 1. The van der Waals surface area contributed by atoms with Gasteiger partial charge in [0.1, 0.15) is 5.69 Å². The maximum absolute atomic E-state index is 13.4. The minimum absolute atomic E-state index is 0.00885. The third-order valence-electron chi connectivity index (χ3n) is 4.69. The van der Waals surface area contributed by atoms with E-state index in [0.29, 0.717) is 16.9 Å². The van der Waals surface area contributed by atoms with Gasteiger partial charge in [0.05, 0.1) is 17.8 Å². The molecule has 3 amide bonds. The van der Waals surface area contributed by atoms with Gasteiger partial charge in [-0.05, 0) is 35.9 Å². The zero-order chi connectivity index (χ0) is 24.7. The van der Waals surface area contributed by atoms with E-state index in [1.54, 1.807) is 30.3 Å². The van der Waals surface area contributed by atoms with E-state index in [1.165, 1.54) is 23.2 Å². The largest absolute Gasteiger partial charge is 0.481 e. The minimum Gasteiger partial charge on any atom is -0.481 e. The lowest BCUT2D eigenvalue weighted by Gasteiger charge is -2.22. The first kappa shape index (κ1) is 24.1. The van der Waals surface area contributed by atoms with Crippen molar-refractivity contribution in [3.63, 3.8) is 0 Å². The molecule has 9 nitrogen and oxygen atoms in total. The Morgan fingerprint density at radius 2 is 1.76 bits per heavy atom. The van der Waals surface area contributed by atoms with E-state index in [0.717, 1.165) is 12.1 Å². The van der Waals surface area contributed by atoms with Crippen molar-refractivity contribution in [2.24, 2.45) is 0 Å². The molecule has 0 saturated carbocycles. The average Bonchev–Trinajstić information content (AvgIpc) is 2.80. The zero-order valence-electron chi connectivity index (χ0n) is 17.8. The summed E-state index contributed by atoms with van der Waals surface area (Å²) in [5.41, 5.74) is 7.28. The first-order valence-corrected chi connectivity index (χ1v) is 10.1. The van der Waals surface area contributed by atoms with Gasteiger partial charge in [0.15, 0.2) is 11.6 Å². The molecule has 3 rings (SSSR count). The second kappa shape index (κ2) is 10.9. The summed E-state index contributed by atoms with van der Waals surface area (Å²) >= 11 is 0. The summed E-state index contributed by atoms with van der Waals surface area (Å²) in [6.45, 7) is -0.191. The van der Waals surface area contributed by atoms with Gasteiger partial charge in [-0.3, -0.25) is 14.6 Å². The van der Waals surface area contributed by atoms with E-state index in [-0.39, 0.29) is 30.9 Å². The van der Waals surface area contributed by atoms with Crippen molar-refractivity contribution in [1.82, 2.24) is 9.88 Å². The molecule has 3 aromatic rings. The Labute approximate surface area is 193 Å². The normalized spacial score (nSPS) is 10.4. The maximum Gasteiger partial charge on any atom is 0.322 e. The number of carbonyl (C=O) groups is 3. The van der Waals surface area contributed by atoms with E-state index in [2.05, 4.69) is 15.6 Å². The minimum atomic E-state index is -1.13. The maximum atomic E-state index is 13.4. The molecule has 1 heterocycles. The van der Waals surface area contributed by atoms with Gasteiger partial charge in [-0.15, -0.1) is 0 Å². The number of urea groups is 1. The van der Waals surface area contributed by atoms with E-state index >= 15 is 0 Å². The van der Waals surface area contributed by atoms with Gasteiger partial charge >= 0.3 is 12.0 Å². The van der Waals surface area contributed by atoms with Crippen molar-refractivity contribution in [3.05, 3.63) is 83.7 Å². The molecule has 0 saturated heterocycles. The zero-order valence-corrected chi connectivity index (χ0v) is 17.8. The smallest absolute Gasteiger partial charge is 0.322 e. The molecule has 0 aliphatic carbocycles. The Morgan fingerprint density at radius 3 is 2.41 bits per heavy atom. The number of nitrogens with two attached hydrogens (primary N) is 1. The number of nitrogens with zero attached hydrogens (tertiary/aromatic N) is 2. The second-order valence-corrected chi connectivity index (χ2v) is 7.22. The summed E-state index contributed by atoms with van der Waals surface area (Å²) in [5.74, 6) is -3.80. The van der Waals surface area contributed by atoms with Gasteiger partial charge in [-0.25, -0.2) is 13.6 Å². The number of nitrogen functional groups attached to an aromatic ring is 1. The van der Waals surface area contributed by atoms with Crippen molar-refractivity contribution in [2.75, 3.05) is 22.9 Å². The Kier molecular flexibility index (Phi) is 7.70. The molecule has 0 radical (unpaired) electrons. The number of nitrogens with one attached hydrogen (secondary N) is 2. The van der Waals surface area contributed by atoms with Crippen molar-refractivity contribution < 1.29 is 28.3 Å². The molecule has 0 unspecified atom stereocenters. The molecule has 0 fully saturated rings. The number of halogens is 2. The lowest BCUT2D eigenvalue weighted by molar-refractivity contribution is -0.137. The van der Waals surface area contributed by atoms with Crippen LogP contribution in [0.3, 0.4) is 0 Å². The van der Waals surface area contributed by atoms with Gasteiger partial charge in [0.25, 0.3) is 5.91 Å². The standard InChI is InChI=1S/C23H21F2N5O4/c24-16-7-6-15(11-17(16)25)28-23(34)30(10-9-21(31)32)13-14-5-8-20(27-12-14)22(33)29-19-4-2-1-3-18(19)26/h1-8,11-12H,9-10,13,26H2,(H,28,34)(H,29,33)(H,31,32).